The average Bonchev–Trinajstić information content (AvgIpc) is 3.66. The molecule has 0 aliphatic carbocycles. The number of benzene rings is 2. The first-order valence-corrected chi connectivity index (χ1v) is 14.6. The fourth-order valence-corrected chi connectivity index (χ4v) is 5.91. The van der Waals surface area contributed by atoms with E-state index in [1.54, 1.807) is 35.6 Å². The van der Waals surface area contributed by atoms with E-state index in [1.165, 1.54) is 0 Å². The quantitative estimate of drug-likeness (QED) is 0.226. The minimum atomic E-state index is -0.377. The number of fused-ring (bicyclic) bond motifs is 1. The van der Waals surface area contributed by atoms with E-state index in [1.807, 2.05) is 29.3 Å². The highest BCUT2D eigenvalue weighted by molar-refractivity contribution is 7.13. The van der Waals surface area contributed by atoms with Crippen LogP contribution in [0.4, 0.5) is 5.13 Å². The first-order valence-electron chi connectivity index (χ1n) is 13.3. The lowest BCUT2D eigenvalue weighted by atomic mass is 10.0. The van der Waals surface area contributed by atoms with E-state index in [2.05, 4.69) is 34.4 Å². The van der Waals surface area contributed by atoms with Gasteiger partial charge in [-0.25, -0.2) is 9.97 Å². The fraction of sp³-hybridized carbons (Fsp3) is 0.379. The van der Waals surface area contributed by atoms with Gasteiger partial charge in [0.15, 0.2) is 5.13 Å². The van der Waals surface area contributed by atoms with Crippen molar-refractivity contribution in [2.24, 2.45) is 0 Å². The van der Waals surface area contributed by atoms with Crippen molar-refractivity contribution in [2.75, 3.05) is 18.4 Å². The number of imidazole rings is 1. The molecule has 3 heterocycles. The molecule has 8 nitrogen and oxygen atoms in total. The number of rotatable bonds is 9. The Labute approximate surface area is 237 Å². The Kier molecular flexibility index (Phi) is 8.18. The first-order chi connectivity index (χ1) is 18.8. The van der Waals surface area contributed by atoms with E-state index in [9.17, 15) is 9.59 Å². The molecular weight excluding hydrogens is 532 g/mol. The average molecular weight is 565 g/mol. The molecule has 2 aromatic heterocycles. The van der Waals surface area contributed by atoms with Crippen molar-refractivity contribution in [1.29, 1.82) is 0 Å². The second-order valence-electron chi connectivity index (χ2n) is 10.3. The van der Waals surface area contributed by atoms with Crippen LogP contribution in [-0.4, -0.2) is 50.8 Å². The maximum atomic E-state index is 13.4. The zero-order valence-electron chi connectivity index (χ0n) is 22.4. The molecule has 2 aromatic carbocycles. The van der Waals surface area contributed by atoms with Crippen LogP contribution in [0.25, 0.3) is 11.0 Å². The van der Waals surface area contributed by atoms with Crippen LogP contribution in [0.15, 0.2) is 41.8 Å². The van der Waals surface area contributed by atoms with Crippen molar-refractivity contribution in [2.45, 2.75) is 58.5 Å². The molecule has 4 aromatic rings. The standard InChI is InChI=1S/C29H33ClN6O2S/c1-17(2)31-29-32-21(16-39-29)8-11-24(26-33-23-10-7-20(30)15-25(23)34-26)35-27(37)19-6-9-22(18(3)14-19)28(38)36-12-4-5-13-36/h6-7,9-10,14-17,24H,4-5,8,11-13H2,1-3H3,(H,31,32)(H,33,34)(H,35,37). The van der Waals surface area contributed by atoms with Gasteiger partial charge in [-0.3, -0.25) is 9.59 Å². The molecule has 1 aliphatic heterocycles. The van der Waals surface area contributed by atoms with E-state index in [0.29, 0.717) is 40.9 Å². The molecule has 1 aliphatic rings. The van der Waals surface area contributed by atoms with Gasteiger partial charge < -0.3 is 20.5 Å². The van der Waals surface area contributed by atoms with Gasteiger partial charge in [0, 0.05) is 40.7 Å². The summed E-state index contributed by atoms with van der Waals surface area (Å²) in [5.41, 5.74) is 4.50. The van der Waals surface area contributed by atoms with Gasteiger partial charge in [0.25, 0.3) is 11.8 Å². The number of thiazole rings is 1. The van der Waals surface area contributed by atoms with Gasteiger partial charge in [0.05, 0.1) is 22.8 Å². The van der Waals surface area contributed by atoms with Crippen LogP contribution in [0.5, 0.6) is 0 Å². The Morgan fingerprint density at radius 3 is 2.67 bits per heavy atom. The molecule has 39 heavy (non-hydrogen) atoms. The molecule has 0 saturated carbocycles. The number of nitrogens with zero attached hydrogens (tertiary/aromatic N) is 3. The summed E-state index contributed by atoms with van der Waals surface area (Å²) in [5.74, 6) is 0.474. The van der Waals surface area contributed by atoms with Crippen LogP contribution >= 0.6 is 22.9 Å². The molecule has 5 rings (SSSR count). The van der Waals surface area contributed by atoms with Gasteiger partial charge >= 0.3 is 0 Å². The molecule has 1 saturated heterocycles. The third kappa shape index (κ3) is 6.42. The molecule has 3 N–H and O–H groups in total. The fourth-order valence-electron chi connectivity index (χ4n) is 4.85. The summed E-state index contributed by atoms with van der Waals surface area (Å²) in [4.78, 5) is 41.0. The van der Waals surface area contributed by atoms with Gasteiger partial charge in [0.2, 0.25) is 0 Å². The number of hydrogen-bond acceptors (Lipinski definition) is 6. The predicted molar refractivity (Wildman–Crippen MR) is 157 cm³/mol. The van der Waals surface area contributed by atoms with Crippen LogP contribution in [0, 0.1) is 6.92 Å². The Bertz CT molecular complexity index is 1490. The summed E-state index contributed by atoms with van der Waals surface area (Å²) >= 11 is 7.76. The molecule has 1 atom stereocenters. The Morgan fingerprint density at radius 2 is 1.92 bits per heavy atom. The summed E-state index contributed by atoms with van der Waals surface area (Å²) in [6.45, 7) is 7.62. The van der Waals surface area contributed by atoms with Crippen LogP contribution in [-0.2, 0) is 6.42 Å². The van der Waals surface area contributed by atoms with Crippen molar-refractivity contribution < 1.29 is 9.59 Å². The summed E-state index contributed by atoms with van der Waals surface area (Å²) in [7, 11) is 0. The van der Waals surface area contributed by atoms with Gasteiger partial charge in [-0.2, -0.15) is 0 Å². The van der Waals surface area contributed by atoms with E-state index in [4.69, 9.17) is 16.6 Å². The number of H-pyrrole nitrogens is 1. The number of aryl methyl sites for hydroxylation is 2. The van der Waals surface area contributed by atoms with Gasteiger partial charge in [-0.1, -0.05) is 11.6 Å². The van der Waals surface area contributed by atoms with E-state index < -0.39 is 0 Å². The number of likely N-dealkylation sites (tertiary alicyclic amines) is 1. The largest absolute Gasteiger partial charge is 0.359 e. The predicted octanol–water partition coefficient (Wildman–Crippen LogP) is 6.14. The summed E-state index contributed by atoms with van der Waals surface area (Å²) in [6, 6.07) is 10.7. The highest BCUT2D eigenvalue weighted by Crippen LogP contribution is 2.25. The third-order valence-electron chi connectivity index (χ3n) is 6.86. The zero-order valence-corrected chi connectivity index (χ0v) is 24.0. The molecule has 1 fully saturated rings. The minimum absolute atomic E-state index is 0.0327. The van der Waals surface area contributed by atoms with Crippen LogP contribution in [0.3, 0.4) is 0 Å². The molecule has 0 bridgehead atoms. The molecule has 204 valence electrons. The van der Waals surface area contributed by atoms with Crippen molar-refractivity contribution >= 4 is 50.9 Å². The molecule has 2 amide bonds. The molecule has 10 heteroatoms. The number of carbonyl (C=O) groups is 2. The summed E-state index contributed by atoms with van der Waals surface area (Å²) in [6.07, 6.45) is 3.35. The maximum Gasteiger partial charge on any atom is 0.254 e. The van der Waals surface area contributed by atoms with E-state index >= 15 is 0 Å². The van der Waals surface area contributed by atoms with E-state index in [-0.39, 0.29) is 17.9 Å². The Hall–Kier alpha value is -3.43. The minimum Gasteiger partial charge on any atom is -0.359 e. The molecular formula is C29H33ClN6O2S. The third-order valence-corrected chi connectivity index (χ3v) is 7.92. The number of anilines is 1. The van der Waals surface area contributed by atoms with Crippen LogP contribution in [0.2, 0.25) is 5.02 Å². The maximum absolute atomic E-state index is 13.4. The first kappa shape index (κ1) is 27.1. The smallest absolute Gasteiger partial charge is 0.254 e. The van der Waals surface area contributed by atoms with Crippen LogP contribution in [0.1, 0.15) is 76.9 Å². The normalized spacial score (nSPS) is 14.2. The summed E-state index contributed by atoms with van der Waals surface area (Å²) in [5, 5.41) is 10.0. The second-order valence-corrected chi connectivity index (χ2v) is 11.6. The number of aromatic amines is 1. The lowest BCUT2D eigenvalue weighted by Crippen LogP contribution is -2.30. The summed E-state index contributed by atoms with van der Waals surface area (Å²) < 4.78 is 0. The lowest BCUT2D eigenvalue weighted by molar-refractivity contribution is 0.0791. The van der Waals surface area contributed by atoms with Crippen LogP contribution < -0.4 is 10.6 Å². The number of amides is 2. The lowest BCUT2D eigenvalue weighted by Gasteiger charge is -2.18. The van der Waals surface area contributed by atoms with Gasteiger partial charge in [-0.15, -0.1) is 11.3 Å². The van der Waals surface area contributed by atoms with Crippen molar-refractivity contribution in [3.05, 3.63) is 75.0 Å². The van der Waals surface area contributed by atoms with Gasteiger partial charge in [-0.05, 0) is 88.4 Å². The zero-order chi connectivity index (χ0) is 27.5. The second kappa shape index (κ2) is 11.8. The Balaban J connectivity index is 1.35. The number of carbonyl (C=O) groups excluding carboxylic acids is 2. The molecule has 0 radical (unpaired) electrons. The highest BCUT2D eigenvalue weighted by atomic mass is 35.5. The number of halogens is 1. The van der Waals surface area contributed by atoms with Crippen molar-refractivity contribution in [3.63, 3.8) is 0 Å². The SMILES string of the molecule is Cc1cc(C(=O)NC(CCc2csc(NC(C)C)n2)c2nc3ccc(Cl)cc3[nH]2)ccc1C(=O)N1CCCC1. The highest BCUT2D eigenvalue weighted by Gasteiger charge is 2.23. The molecule has 1 unspecified atom stereocenters. The Morgan fingerprint density at radius 1 is 1.13 bits per heavy atom. The van der Waals surface area contributed by atoms with E-state index in [0.717, 1.165) is 53.4 Å². The van der Waals surface area contributed by atoms with Crippen molar-refractivity contribution in [1.82, 2.24) is 25.2 Å². The monoisotopic (exact) mass is 564 g/mol. The number of hydrogen-bond donors (Lipinski definition) is 3. The molecule has 0 spiro atoms. The number of nitrogens with one attached hydrogen (secondary N) is 3. The van der Waals surface area contributed by atoms with Crippen molar-refractivity contribution in [3.8, 4) is 0 Å². The topological polar surface area (TPSA) is 103 Å². The van der Waals surface area contributed by atoms with Gasteiger partial charge in [0.1, 0.15) is 5.82 Å². The number of aromatic nitrogens is 3.